The van der Waals surface area contributed by atoms with Crippen molar-refractivity contribution in [2.75, 3.05) is 6.54 Å². The quantitative estimate of drug-likeness (QED) is 0.937. The third kappa shape index (κ3) is 3.31. The largest absolute Gasteiger partial charge is 0.480 e. The van der Waals surface area contributed by atoms with Crippen molar-refractivity contribution in [1.29, 1.82) is 0 Å². The number of pyridine rings is 2. The van der Waals surface area contributed by atoms with Gasteiger partial charge in [-0.25, -0.2) is 0 Å². The highest BCUT2D eigenvalue weighted by Crippen LogP contribution is 2.25. The van der Waals surface area contributed by atoms with E-state index in [0.29, 0.717) is 16.5 Å². The lowest BCUT2D eigenvalue weighted by atomic mass is 9.93. The molecule has 0 aromatic carbocycles. The van der Waals surface area contributed by atoms with Gasteiger partial charge >= 0.3 is 5.97 Å². The monoisotopic (exact) mass is 313 g/mol. The summed E-state index contributed by atoms with van der Waals surface area (Å²) in [6, 6.07) is 3.38. The Kier molecular flexibility index (Phi) is 4.50. The Morgan fingerprint density at radius 1 is 1.17 bits per heavy atom. The first kappa shape index (κ1) is 15.4. The number of rotatable bonds is 4. The molecule has 1 saturated carbocycles. The zero-order valence-electron chi connectivity index (χ0n) is 12.8. The molecule has 0 aliphatic heterocycles. The van der Waals surface area contributed by atoms with Gasteiger partial charge in [-0.05, 0) is 25.0 Å². The highest BCUT2D eigenvalue weighted by molar-refractivity contribution is 6.06. The minimum Gasteiger partial charge on any atom is -0.480 e. The summed E-state index contributed by atoms with van der Waals surface area (Å²) in [5, 5.41) is 9.86. The highest BCUT2D eigenvalue weighted by Gasteiger charge is 2.28. The minimum absolute atomic E-state index is 0.00719. The minimum atomic E-state index is -0.986. The van der Waals surface area contributed by atoms with E-state index in [1.807, 2.05) is 0 Å². The first-order chi connectivity index (χ1) is 11.2. The van der Waals surface area contributed by atoms with Crippen LogP contribution < -0.4 is 0 Å². The Hall–Kier alpha value is -2.50. The fourth-order valence-corrected chi connectivity index (χ4v) is 3.24. The number of aromatic nitrogens is 2. The van der Waals surface area contributed by atoms with Gasteiger partial charge in [0, 0.05) is 30.0 Å². The van der Waals surface area contributed by atoms with Crippen molar-refractivity contribution in [1.82, 2.24) is 14.9 Å². The number of fused-ring (bicyclic) bond motifs is 1. The van der Waals surface area contributed by atoms with E-state index in [0.717, 1.165) is 32.1 Å². The predicted molar refractivity (Wildman–Crippen MR) is 85.1 cm³/mol. The zero-order chi connectivity index (χ0) is 16.2. The summed E-state index contributed by atoms with van der Waals surface area (Å²) in [6.45, 7) is -0.270. The van der Waals surface area contributed by atoms with E-state index in [1.54, 1.807) is 30.7 Å². The summed E-state index contributed by atoms with van der Waals surface area (Å²) in [7, 11) is 0. The van der Waals surface area contributed by atoms with Crippen molar-refractivity contribution < 1.29 is 14.7 Å². The van der Waals surface area contributed by atoms with Crippen LogP contribution in [-0.4, -0.2) is 44.4 Å². The molecule has 0 bridgehead atoms. The summed E-state index contributed by atoms with van der Waals surface area (Å²) in [6.07, 6.45) is 9.75. The standard InChI is InChI=1S/C17H19N3O3/c21-16(22)11-20(12-4-2-1-3-5-12)17(23)13-6-9-19-15-7-8-18-10-14(13)15/h6-10,12H,1-5,11H2,(H,21,22). The van der Waals surface area contributed by atoms with E-state index in [4.69, 9.17) is 0 Å². The van der Waals surface area contributed by atoms with Crippen LogP contribution in [0.5, 0.6) is 0 Å². The number of amides is 1. The summed E-state index contributed by atoms with van der Waals surface area (Å²) in [5.74, 6) is -1.24. The summed E-state index contributed by atoms with van der Waals surface area (Å²) in [4.78, 5) is 34.0. The molecule has 0 atom stereocenters. The maximum absolute atomic E-state index is 13.0. The van der Waals surface area contributed by atoms with Crippen molar-refractivity contribution in [3.63, 3.8) is 0 Å². The van der Waals surface area contributed by atoms with Gasteiger partial charge in [-0.3, -0.25) is 19.6 Å². The molecule has 1 fully saturated rings. The molecule has 0 spiro atoms. The average Bonchev–Trinajstić information content (AvgIpc) is 2.59. The summed E-state index contributed by atoms with van der Waals surface area (Å²) < 4.78 is 0. The Labute approximate surface area is 134 Å². The number of hydrogen-bond donors (Lipinski definition) is 1. The number of carboxylic acids is 1. The molecule has 2 aromatic heterocycles. The molecule has 6 heteroatoms. The van der Waals surface area contributed by atoms with Crippen molar-refractivity contribution in [2.24, 2.45) is 0 Å². The number of hydrogen-bond acceptors (Lipinski definition) is 4. The molecule has 1 N–H and O–H groups in total. The van der Waals surface area contributed by atoms with E-state index < -0.39 is 5.97 Å². The second-order valence-corrected chi connectivity index (χ2v) is 5.87. The molecule has 23 heavy (non-hydrogen) atoms. The first-order valence-corrected chi connectivity index (χ1v) is 7.88. The van der Waals surface area contributed by atoms with Crippen LogP contribution in [0, 0.1) is 0 Å². The third-order valence-electron chi connectivity index (χ3n) is 4.36. The average molecular weight is 313 g/mol. The van der Waals surface area contributed by atoms with Crippen molar-refractivity contribution >= 4 is 22.8 Å². The SMILES string of the molecule is O=C(O)CN(C(=O)c1ccnc2ccncc12)C1CCCCC1. The molecule has 120 valence electrons. The molecule has 2 aromatic rings. The third-order valence-corrected chi connectivity index (χ3v) is 4.36. The number of carbonyl (C=O) groups is 2. The second kappa shape index (κ2) is 6.73. The van der Waals surface area contributed by atoms with Gasteiger partial charge in [0.2, 0.25) is 0 Å². The number of carboxylic acid groups (broad SMARTS) is 1. The molecule has 0 saturated heterocycles. The van der Waals surface area contributed by atoms with Crippen LogP contribution in [0.1, 0.15) is 42.5 Å². The van der Waals surface area contributed by atoms with Crippen molar-refractivity contribution in [2.45, 2.75) is 38.1 Å². The molecule has 2 heterocycles. The zero-order valence-corrected chi connectivity index (χ0v) is 12.8. The van der Waals surface area contributed by atoms with Crippen molar-refractivity contribution in [3.05, 3.63) is 36.3 Å². The maximum Gasteiger partial charge on any atom is 0.323 e. The maximum atomic E-state index is 13.0. The first-order valence-electron chi connectivity index (χ1n) is 7.88. The van der Waals surface area contributed by atoms with Gasteiger partial charge in [-0.2, -0.15) is 0 Å². The van der Waals surface area contributed by atoms with Gasteiger partial charge in [0.1, 0.15) is 6.54 Å². The van der Waals surface area contributed by atoms with Gasteiger partial charge in [0.05, 0.1) is 11.1 Å². The molecule has 3 rings (SSSR count). The number of carbonyl (C=O) groups excluding carboxylic acids is 1. The molecular weight excluding hydrogens is 294 g/mol. The van der Waals surface area contributed by atoms with Crippen molar-refractivity contribution in [3.8, 4) is 0 Å². The fourth-order valence-electron chi connectivity index (χ4n) is 3.24. The van der Waals surface area contributed by atoms with Gasteiger partial charge in [0.15, 0.2) is 0 Å². The van der Waals surface area contributed by atoms with E-state index in [-0.39, 0.29) is 18.5 Å². The Morgan fingerprint density at radius 3 is 2.70 bits per heavy atom. The number of aliphatic carboxylic acids is 1. The lowest BCUT2D eigenvalue weighted by Crippen LogP contribution is -2.44. The van der Waals surface area contributed by atoms with Crippen LogP contribution in [-0.2, 0) is 4.79 Å². The summed E-state index contributed by atoms with van der Waals surface area (Å²) >= 11 is 0. The second-order valence-electron chi connectivity index (χ2n) is 5.87. The van der Waals surface area contributed by atoms with E-state index in [2.05, 4.69) is 9.97 Å². The van der Waals surface area contributed by atoms with Gasteiger partial charge < -0.3 is 10.0 Å². The van der Waals surface area contributed by atoms with Crippen LogP contribution in [0.3, 0.4) is 0 Å². The molecular formula is C17H19N3O3. The summed E-state index contributed by atoms with van der Waals surface area (Å²) in [5.41, 5.74) is 1.15. The normalized spacial score (nSPS) is 15.5. The Morgan fingerprint density at radius 2 is 1.96 bits per heavy atom. The van der Waals surface area contributed by atoms with Crippen LogP contribution in [0.15, 0.2) is 30.7 Å². The molecule has 0 unspecified atom stereocenters. The van der Waals surface area contributed by atoms with E-state index in [9.17, 15) is 14.7 Å². The Bertz CT molecular complexity index is 721. The predicted octanol–water partition coefficient (Wildman–Crippen LogP) is 2.49. The molecule has 1 aliphatic carbocycles. The molecule has 1 amide bonds. The highest BCUT2D eigenvalue weighted by atomic mass is 16.4. The topological polar surface area (TPSA) is 83.4 Å². The lowest BCUT2D eigenvalue weighted by Gasteiger charge is -2.33. The van der Waals surface area contributed by atoms with Crippen LogP contribution >= 0.6 is 0 Å². The molecule has 6 nitrogen and oxygen atoms in total. The molecule has 1 aliphatic rings. The lowest BCUT2D eigenvalue weighted by molar-refractivity contribution is -0.138. The Balaban J connectivity index is 1.97. The van der Waals surface area contributed by atoms with Crippen LogP contribution in [0.2, 0.25) is 0 Å². The van der Waals surface area contributed by atoms with Gasteiger partial charge in [-0.1, -0.05) is 19.3 Å². The van der Waals surface area contributed by atoms with E-state index in [1.165, 1.54) is 4.90 Å². The van der Waals surface area contributed by atoms with Crippen LogP contribution in [0.4, 0.5) is 0 Å². The fraction of sp³-hybridized carbons (Fsp3) is 0.412. The van der Waals surface area contributed by atoms with Gasteiger partial charge in [-0.15, -0.1) is 0 Å². The number of nitrogens with zero attached hydrogens (tertiary/aromatic N) is 3. The smallest absolute Gasteiger partial charge is 0.323 e. The van der Waals surface area contributed by atoms with Gasteiger partial charge in [0.25, 0.3) is 5.91 Å². The van der Waals surface area contributed by atoms with Crippen LogP contribution in [0.25, 0.3) is 10.9 Å². The van der Waals surface area contributed by atoms with E-state index >= 15 is 0 Å². The molecule has 0 radical (unpaired) electrons.